The Hall–Kier alpha value is -3.34. The van der Waals surface area contributed by atoms with E-state index in [0.29, 0.717) is 16.8 Å². The molecule has 0 radical (unpaired) electrons. The third-order valence-electron chi connectivity index (χ3n) is 4.09. The molecule has 3 N–H and O–H groups in total. The van der Waals surface area contributed by atoms with Crippen molar-refractivity contribution in [3.8, 4) is 5.69 Å². The Bertz CT molecular complexity index is 920. The average Bonchev–Trinajstić information content (AvgIpc) is 2.94. The van der Waals surface area contributed by atoms with Gasteiger partial charge in [0, 0.05) is 22.6 Å². The highest BCUT2D eigenvalue weighted by atomic mass is 16.2. The SMILES string of the molecule is Cc1ccc(C)n1-c1ccccc1C(=O)Nc1ccc(C(N)=O)cc1. The third-order valence-corrected chi connectivity index (χ3v) is 4.09. The van der Waals surface area contributed by atoms with E-state index < -0.39 is 5.91 Å². The number of amides is 2. The van der Waals surface area contributed by atoms with Crippen molar-refractivity contribution < 1.29 is 9.59 Å². The summed E-state index contributed by atoms with van der Waals surface area (Å²) in [5.74, 6) is -0.711. The van der Waals surface area contributed by atoms with E-state index in [0.717, 1.165) is 17.1 Å². The third kappa shape index (κ3) is 3.30. The van der Waals surface area contributed by atoms with Crippen molar-refractivity contribution in [2.75, 3.05) is 5.32 Å². The monoisotopic (exact) mass is 333 g/mol. The maximum Gasteiger partial charge on any atom is 0.257 e. The summed E-state index contributed by atoms with van der Waals surface area (Å²) in [7, 11) is 0. The largest absolute Gasteiger partial charge is 0.366 e. The van der Waals surface area contributed by atoms with Crippen LogP contribution in [0.2, 0.25) is 0 Å². The number of carbonyl (C=O) groups excluding carboxylic acids is 2. The van der Waals surface area contributed by atoms with Gasteiger partial charge in [-0.1, -0.05) is 12.1 Å². The number of para-hydroxylation sites is 1. The molecule has 1 heterocycles. The average molecular weight is 333 g/mol. The van der Waals surface area contributed by atoms with Gasteiger partial charge >= 0.3 is 0 Å². The van der Waals surface area contributed by atoms with Crippen LogP contribution in [-0.2, 0) is 0 Å². The minimum Gasteiger partial charge on any atom is -0.366 e. The number of hydrogen-bond donors (Lipinski definition) is 2. The maximum absolute atomic E-state index is 12.8. The first-order valence-corrected chi connectivity index (χ1v) is 7.93. The number of carbonyl (C=O) groups is 2. The van der Waals surface area contributed by atoms with Gasteiger partial charge in [0.15, 0.2) is 0 Å². The van der Waals surface area contributed by atoms with Crippen molar-refractivity contribution in [3.63, 3.8) is 0 Å². The van der Waals surface area contributed by atoms with Crippen molar-refractivity contribution in [1.29, 1.82) is 0 Å². The Labute approximate surface area is 146 Å². The van der Waals surface area contributed by atoms with Crippen molar-refractivity contribution in [3.05, 3.63) is 83.2 Å². The van der Waals surface area contributed by atoms with Crippen molar-refractivity contribution >= 4 is 17.5 Å². The van der Waals surface area contributed by atoms with Crippen LogP contribution >= 0.6 is 0 Å². The normalized spacial score (nSPS) is 10.5. The number of hydrogen-bond acceptors (Lipinski definition) is 2. The van der Waals surface area contributed by atoms with Crippen molar-refractivity contribution in [1.82, 2.24) is 4.57 Å². The maximum atomic E-state index is 12.8. The van der Waals surface area contributed by atoms with Gasteiger partial charge in [-0.25, -0.2) is 0 Å². The summed E-state index contributed by atoms with van der Waals surface area (Å²) >= 11 is 0. The molecule has 0 spiro atoms. The van der Waals surface area contributed by atoms with Gasteiger partial charge in [0.25, 0.3) is 5.91 Å². The first-order chi connectivity index (χ1) is 12.0. The van der Waals surface area contributed by atoms with E-state index in [1.807, 2.05) is 48.7 Å². The first-order valence-electron chi connectivity index (χ1n) is 7.93. The molecule has 3 aromatic rings. The first kappa shape index (κ1) is 16.5. The molecule has 0 atom stereocenters. The number of rotatable bonds is 4. The molecule has 0 aliphatic heterocycles. The summed E-state index contributed by atoms with van der Waals surface area (Å²) < 4.78 is 2.05. The lowest BCUT2D eigenvalue weighted by molar-refractivity contribution is 0.0998. The number of primary amides is 1. The number of nitrogens with zero attached hydrogens (tertiary/aromatic N) is 1. The molecule has 0 bridgehead atoms. The van der Waals surface area contributed by atoms with Crippen molar-refractivity contribution in [2.24, 2.45) is 5.73 Å². The molecule has 0 aliphatic carbocycles. The molecule has 2 aromatic carbocycles. The standard InChI is InChI=1S/C20H19N3O2/c1-13-7-8-14(2)23(13)18-6-4-3-5-17(18)20(25)22-16-11-9-15(10-12-16)19(21)24/h3-12H,1-2H3,(H2,21,24)(H,22,25). The molecule has 5 heteroatoms. The van der Waals surface area contributed by atoms with Crippen LogP contribution in [0.25, 0.3) is 5.69 Å². The van der Waals surface area contributed by atoms with E-state index in [1.165, 1.54) is 0 Å². The molecule has 2 amide bonds. The molecule has 0 aliphatic rings. The number of anilines is 1. The molecular weight excluding hydrogens is 314 g/mol. The van der Waals surface area contributed by atoms with Gasteiger partial charge in [-0.3, -0.25) is 9.59 Å². The lowest BCUT2D eigenvalue weighted by Gasteiger charge is -2.14. The van der Waals surface area contributed by atoms with Gasteiger partial charge in [-0.05, 0) is 62.4 Å². The zero-order chi connectivity index (χ0) is 18.0. The van der Waals surface area contributed by atoms with Gasteiger partial charge in [0.1, 0.15) is 0 Å². The highest BCUT2D eigenvalue weighted by molar-refractivity contribution is 6.07. The second kappa shape index (κ2) is 6.65. The molecule has 0 saturated heterocycles. The highest BCUT2D eigenvalue weighted by Crippen LogP contribution is 2.21. The molecule has 5 nitrogen and oxygen atoms in total. The predicted molar refractivity (Wildman–Crippen MR) is 98.2 cm³/mol. The van der Waals surface area contributed by atoms with Crippen LogP contribution in [0.3, 0.4) is 0 Å². The second-order valence-electron chi connectivity index (χ2n) is 5.86. The van der Waals surface area contributed by atoms with E-state index in [4.69, 9.17) is 5.73 Å². The number of benzene rings is 2. The summed E-state index contributed by atoms with van der Waals surface area (Å²) in [5, 5.41) is 2.86. The predicted octanol–water partition coefficient (Wildman–Crippen LogP) is 3.45. The van der Waals surface area contributed by atoms with Gasteiger partial charge in [-0.2, -0.15) is 0 Å². The molecular formula is C20H19N3O2. The van der Waals surface area contributed by atoms with E-state index in [-0.39, 0.29) is 5.91 Å². The lowest BCUT2D eigenvalue weighted by Crippen LogP contribution is -2.16. The van der Waals surface area contributed by atoms with Gasteiger partial charge in [0.2, 0.25) is 5.91 Å². The fourth-order valence-electron chi connectivity index (χ4n) is 2.83. The minimum absolute atomic E-state index is 0.213. The summed E-state index contributed by atoms with van der Waals surface area (Å²) in [4.78, 5) is 23.9. The molecule has 25 heavy (non-hydrogen) atoms. The number of nitrogens with one attached hydrogen (secondary N) is 1. The van der Waals surface area contributed by atoms with Crippen LogP contribution in [0.15, 0.2) is 60.7 Å². The topological polar surface area (TPSA) is 77.1 Å². The summed E-state index contributed by atoms with van der Waals surface area (Å²) in [5.41, 5.74) is 9.75. The van der Waals surface area contributed by atoms with E-state index in [1.54, 1.807) is 30.3 Å². The van der Waals surface area contributed by atoms with Gasteiger partial charge in [-0.15, -0.1) is 0 Å². The molecule has 0 saturated carbocycles. The van der Waals surface area contributed by atoms with Crippen LogP contribution in [0.4, 0.5) is 5.69 Å². The van der Waals surface area contributed by atoms with Crippen LogP contribution in [0.1, 0.15) is 32.1 Å². The molecule has 0 unspecified atom stereocenters. The Morgan fingerprint density at radius 3 is 2.08 bits per heavy atom. The summed E-state index contributed by atoms with van der Waals surface area (Å²) in [6, 6.07) is 18.0. The fourth-order valence-corrected chi connectivity index (χ4v) is 2.83. The van der Waals surface area contributed by atoms with E-state index >= 15 is 0 Å². The second-order valence-corrected chi connectivity index (χ2v) is 5.86. The zero-order valence-corrected chi connectivity index (χ0v) is 14.1. The number of nitrogens with two attached hydrogens (primary N) is 1. The fraction of sp³-hybridized carbons (Fsp3) is 0.100. The molecule has 0 fully saturated rings. The Morgan fingerprint density at radius 2 is 1.48 bits per heavy atom. The van der Waals surface area contributed by atoms with Gasteiger partial charge < -0.3 is 15.6 Å². The van der Waals surface area contributed by atoms with E-state index in [2.05, 4.69) is 5.32 Å². The quantitative estimate of drug-likeness (QED) is 0.767. The summed E-state index contributed by atoms with van der Waals surface area (Å²) in [6.07, 6.45) is 0. The Balaban J connectivity index is 1.92. The Kier molecular flexibility index (Phi) is 4.39. The van der Waals surface area contributed by atoms with Crippen molar-refractivity contribution in [2.45, 2.75) is 13.8 Å². The number of aromatic nitrogens is 1. The Morgan fingerprint density at radius 1 is 0.880 bits per heavy atom. The van der Waals surface area contributed by atoms with Gasteiger partial charge in [0.05, 0.1) is 11.3 Å². The van der Waals surface area contributed by atoms with Crippen LogP contribution in [0, 0.1) is 13.8 Å². The van der Waals surface area contributed by atoms with Crippen LogP contribution in [0.5, 0.6) is 0 Å². The molecule has 3 rings (SSSR count). The zero-order valence-electron chi connectivity index (χ0n) is 14.1. The lowest BCUT2D eigenvalue weighted by atomic mass is 10.1. The van der Waals surface area contributed by atoms with Crippen LogP contribution < -0.4 is 11.1 Å². The molecule has 126 valence electrons. The minimum atomic E-state index is -0.498. The van der Waals surface area contributed by atoms with E-state index in [9.17, 15) is 9.59 Å². The summed E-state index contributed by atoms with van der Waals surface area (Å²) in [6.45, 7) is 4.01. The smallest absolute Gasteiger partial charge is 0.257 e. The molecule has 1 aromatic heterocycles. The highest BCUT2D eigenvalue weighted by Gasteiger charge is 2.15. The number of aryl methyl sites for hydroxylation is 2. The van der Waals surface area contributed by atoms with Crippen LogP contribution in [-0.4, -0.2) is 16.4 Å².